The van der Waals surface area contributed by atoms with E-state index in [0.29, 0.717) is 0 Å². The predicted molar refractivity (Wildman–Crippen MR) is 66.1 cm³/mol. The van der Waals surface area contributed by atoms with Crippen molar-refractivity contribution in [2.75, 3.05) is 17.8 Å². The highest BCUT2D eigenvalue weighted by Gasteiger charge is 2.19. The van der Waals surface area contributed by atoms with Crippen LogP contribution in [0.5, 0.6) is 5.75 Å². The van der Waals surface area contributed by atoms with Gasteiger partial charge < -0.3 is 15.2 Å². The summed E-state index contributed by atoms with van der Waals surface area (Å²) in [6, 6.07) is 4.32. The van der Waals surface area contributed by atoms with Crippen LogP contribution in [-0.4, -0.2) is 29.6 Å². The minimum atomic E-state index is -1.29. The Labute approximate surface area is 111 Å². The molecule has 18 heavy (non-hydrogen) atoms. The van der Waals surface area contributed by atoms with Crippen LogP contribution in [0.2, 0.25) is 0 Å². The number of carbonyl (C=O) groups is 1. The number of alkyl halides is 1. The summed E-state index contributed by atoms with van der Waals surface area (Å²) in [4.78, 5) is 11.4. The lowest BCUT2D eigenvalue weighted by molar-refractivity contribution is -0.122. The molecule has 0 heterocycles. The summed E-state index contributed by atoms with van der Waals surface area (Å²) in [6.07, 6.45) is -1.29. The minimum Gasteiger partial charge on any atom is -0.492 e. The van der Waals surface area contributed by atoms with Crippen LogP contribution >= 0.6 is 15.9 Å². The maximum Gasteiger partial charge on any atom is 0.254 e. The number of nitrogens with one attached hydrogen (secondary N) is 1. The lowest BCUT2D eigenvalue weighted by atomic mass is 10.2. The van der Waals surface area contributed by atoms with E-state index in [4.69, 9.17) is 10.00 Å². The molecule has 1 aromatic carbocycles. The van der Waals surface area contributed by atoms with Crippen LogP contribution in [-0.2, 0) is 4.79 Å². The summed E-state index contributed by atoms with van der Waals surface area (Å²) in [5.74, 6) is -1.85. The van der Waals surface area contributed by atoms with Gasteiger partial charge in [0.1, 0.15) is 12.2 Å². The zero-order chi connectivity index (χ0) is 13.7. The van der Waals surface area contributed by atoms with Gasteiger partial charge in [-0.1, -0.05) is 15.9 Å². The van der Waals surface area contributed by atoms with Gasteiger partial charge in [-0.05, 0) is 12.1 Å². The number of nitriles is 1. The molecule has 0 spiro atoms. The maximum absolute atomic E-state index is 13.9. The molecule has 1 rings (SSSR count). The first-order valence-corrected chi connectivity index (χ1v) is 5.98. The molecule has 0 aromatic heterocycles. The van der Waals surface area contributed by atoms with E-state index >= 15 is 0 Å². The molecule has 0 fully saturated rings. The van der Waals surface area contributed by atoms with Gasteiger partial charge in [0.05, 0.1) is 18.4 Å². The monoisotopic (exact) mass is 316 g/mol. The Morgan fingerprint density at radius 3 is 2.89 bits per heavy atom. The molecule has 0 bridgehead atoms. The SMILES string of the molecule is COc1c(C#N)ccc(NC(=O)C(O)CBr)c1F. The van der Waals surface area contributed by atoms with E-state index in [2.05, 4.69) is 21.2 Å². The van der Waals surface area contributed by atoms with Crippen molar-refractivity contribution in [3.63, 3.8) is 0 Å². The second kappa shape index (κ2) is 6.33. The number of carbonyl (C=O) groups excluding carboxylic acids is 1. The highest BCUT2D eigenvalue weighted by atomic mass is 79.9. The molecule has 0 radical (unpaired) electrons. The molecule has 0 saturated heterocycles. The van der Waals surface area contributed by atoms with Crippen molar-refractivity contribution in [2.24, 2.45) is 0 Å². The molecule has 0 aliphatic rings. The van der Waals surface area contributed by atoms with E-state index in [9.17, 15) is 14.3 Å². The number of aliphatic hydroxyl groups is 1. The molecule has 0 aliphatic carbocycles. The molecule has 1 atom stereocenters. The van der Waals surface area contributed by atoms with Crippen LogP contribution in [0.1, 0.15) is 5.56 Å². The number of amides is 1. The summed E-state index contributed by atoms with van der Waals surface area (Å²) in [7, 11) is 1.22. The molecule has 96 valence electrons. The number of anilines is 1. The first kappa shape index (κ1) is 14.4. The first-order chi connectivity index (χ1) is 8.54. The van der Waals surface area contributed by atoms with Gasteiger partial charge in [0.2, 0.25) is 0 Å². The fourth-order valence-corrected chi connectivity index (χ4v) is 1.52. The third kappa shape index (κ3) is 2.97. The van der Waals surface area contributed by atoms with Gasteiger partial charge in [-0.25, -0.2) is 4.39 Å². The average Bonchev–Trinajstić information content (AvgIpc) is 2.39. The third-order valence-electron chi connectivity index (χ3n) is 2.13. The van der Waals surface area contributed by atoms with Crippen LogP contribution < -0.4 is 10.1 Å². The third-order valence-corrected chi connectivity index (χ3v) is 2.74. The lowest BCUT2D eigenvalue weighted by Crippen LogP contribution is -2.29. The zero-order valence-corrected chi connectivity index (χ0v) is 11.0. The van der Waals surface area contributed by atoms with E-state index in [1.165, 1.54) is 19.2 Å². The van der Waals surface area contributed by atoms with E-state index in [1.807, 2.05) is 0 Å². The van der Waals surface area contributed by atoms with E-state index in [0.717, 1.165) is 0 Å². The molecular weight excluding hydrogens is 307 g/mol. The normalized spacial score (nSPS) is 11.5. The van der Waals surface area contributed by atoms with Crippen LogP contribution in [0.15, 0.2) is 12.1 Å². The van der Waals surface area contributed by atoms with Gasteiger partial charge in [-0.15, -0.1) is 0 Å². The number of hydrogen-bond donors (Lipinski definition) is 2. The van der Waals surface area contributed by atoms with E-state index in [1.54, 1.807) is 6.07 Å². The highest BCUT2D eigenvalue weighted by Crippen LogP contribution is 2.28. The van der Waals surface area contributed by atoms with Crippen molar-refractivity contribution >= 4 is 27.5 Å². The fourth-order valence-electron chi connectivity index (χ4n) is 1.23. The molecule has 5 nitrogen and oxygen atoms in total. The number of methoxy groups -OCH3 is 1. The molecule has 1 aromatic rings. The first-order valence-electron chi connectivity index (χ1n) is 4.86. The highest BCUT2D eigenvalue weighted by molar-refractivity contribution is 9.09. The Balaban J connectivity index is 3.06. The Kier molecular flexibility index (Phi) is 5.07. The summed E-state index contributed by atoms with van der Waals surface area (Å²) in [6.45, 7) is 0. The number of aliphatic hydroxyl groups excluding tert-OH is 1. The largest absolute Gasteiger partial charge is 0.492 e. The standard InChI is InChI=1S/C11H10BrFN2O3/c1-18-10-6(5-14)2-3-7(9(10)13)15-11(17)8(16)4-12/h2-3,8,16H,4H2,1H3,(H,15,17). The summed E-state index contributed by atoms with van der Waals surface area (Å²) in [5.41, 5.74) is -0.134. The predicted octanol–water partition coefficient (Wildman–Crippen LogP) is 1.40. The smallest absolute Gasteiger partial charge is 0.254 e. The van der Waals surface area contributed by atoms with Crippen molar-refractivity contribution in [1.82, 2.24) is 0 Å². The molecular formula is C11H10BrFN2O3. The van der Waals surface area contributed by atoms with Gasteiger partial charge in [0.25, 0.3) is 5.91 Å². The number of benzene rings is 1. The summed E-state index contributed by atoms with van der Waals surface area (Å²) in [5, 5.41) is 20.2. The van der Waals surface area contributed by atoms with Crippen molar-refractivity contribution in [3.8, 4) is 11.8 Å². The number of rotatable bonds is 4. The van der Waals surface area contributed by atoms with Gasteiger partial charge in [-0.3, -0.25) is 4.79 Å². The second-order valence-electron chi connectivity index (χ2n) is 3.28. The van der Waals surface area contributed by atoms with Gasteiger partial charge in [0.15, 0.2) is 11.6 Å². The van der Waals surface area contributed by atoms with Crippen LogP contribution in [0, 0.1) is 17.1 Å². The minimum absolute atomic E-state index is 0.0223. The molecule has 0 saturated carbocycles. The van der Waals surface area contributed by atoms with Crippen LogP contribution in [0.3, 0.4) is 0 Å². The Morgan fingerprint density at radius 1 is 1.72 bits per heavy atom. The number of hydrogen-bond acceptors (Lipinski definition) is 4. The topological polar surface area (TPSA) is 82.3 Å². The Hall–Kier alpha value is -1.65. The van der Waals surface area contributed by atoms with E-state index < -0.39 is 17.8 Å². The molecule has 2 N–H and O–H groups in total. The van der Waals surface area contributed by atoms with Crippen LogP contribution in [0.4, 0.5) is 10.1 Å². The van der Waals surface area contributed by atoms with Crippen molar-refractivity contribution < 1.29 is 19.0 Å². The molecule has 1 unspecified atom stereocenters. The summed E-state index contributed by atoms with van der Waals surface area (Å²) >= 11 is 2.93. The molecule has 7 heteroatoms. The van der Waals surface area contributed by atoms with Gasteiger partial charge >= 0.3 is 0 Å². The maximum atomic E-state index is 13.9. The Bertz CT molecular complexity index is 502. The van der Waals surface area contributed by atoms with Crippen LogP contribution in [0.25, 0.3) is 0 Å². The van der Waals surface area contributed by atoms with Crippen molar-refractivity contribution in [2.45, 2.75) is 6.10 Å². The number of ether oxygens (including phenoxy) is 1. The lowest BCUT2D eigenvalue weighted by Gasteiger charge is -2.12. The zero-order valence-electron chi connectivity index (χ0n) is 9.41. The van der Waals surface area contributed by atoms with Gasteiger partial charge in [0, 0.05) is 5.33 Å². The molecule has 0 aliphatic heterocycles. The van der Waals surface area contributed by atoms with Gasteiger partial charge in [-0.2, -0.15) is 5.26 Å². The van der Waals surface area contributed by atoms with Crippen molar-refractivity contribution in [1.29, 1.82) is 5.26 Å². The van der Waals surface area contributed by atoms with Crippen molar-refractivity contribution in [3.05, 3.63) is 23.5 Å². The molecule has 1 amide bonds. The number of halogens is 2. The summed E-state index contributed by atoms with van der Waals surface area (Å²) < 4.78 is 18.6. The fraction of sp³-hybridized carbons (Fsp3) is 0.273. The van der Waals surface area contributed by atoms with E-state index in [-0.39, 0.29) is 22.3 Å². The second-order valence-corrected chi connectivity index (χ2v) is 3.93. The Morgan fingerprint density at radius 2 is 2.39 bits per heavy atom. The number of nitrogens with zero attached hydrogens (tertiary/aromatic N) is 1. The average molecular weight is 317 g/mol. The quantitative estimate of drug-likeness (QED) is 0.823.